The van der Waals surface area contributed by atoms with Crippen LogP contribution in [0, 0.1) is 5.92 Å². The van der Waals surface area contributed by atoms with Crippen molar-refractivity contribution < 1.29 is 19.4 Å². The van der Waals surface area contributed by atoms with E-state index >= 15 is 0 Å². The van der Waals surface area contributed by atoms with Gasteiger partial charge in [-0.25, -0.2) is 0 Å². The molecule has 1 amide bonds. The van der Waals surface area contributed by atoms with Crippen LogP contribution in [0.2, 0.25) is 0 Å². The maximum Gasteiger partial charge on any atom is 0.325 e. The predicted molar refractivity (Wildman–Crippen MR) is 82.5 cm³/mol. The summed E-state index contributed by atoms with van der Waals surface area (Å²) in [5.74, 6) is -1.22. The van der Waals surface area contributed by atoms with Gasteiger partial charge in [-0.3, -0.25) is 9.59 Å². The van der Waals surface area contributed by atoms with E-state index in [0.717, 1.165) is 0 Å². The number of amides is 1. The number of hydrogen-bond acceptors (Lipinski definition) is 5. The molecule has 2 atom stereocenters. The van der Waals surface area contributed by atoms with Crippen LogP contribution in [0.15, 0.2) is 54.4 Å². The second-order valence-corrected chi connectivity index (χ2v) is 5.47. The highest BCUT2D eigenvalue weighted by molar-refractivity contribution is 5.98. The molecule has 1 fully saturated rings. The summed E-state index contributed by atoms with van der Waals surface area (Å²) in [6.07, 6.45) is 4.98. The van der Waals surface area contributed by atoms with Crippen LogP contribution < -0.4 is 5.32 Å². The van der Waals surface area contributed by atoms with E-state index < -0.39 is 11.6 Å². The zero-order chi connectivity index (χ0) is 16.4. The molecule has 0 saturated carbocycles. The molecule has 0 aliphatic carbocycles. The van der Waals surface area contributed by atoms with Gasteiger partial charge >= 0.3 is 5.97 Å². The molecule has 1 aromatic carbocycles. The number of carbonyl (C=O) groups is 2. The van der Waals surface area contributed by atoms with Crippen molar-refractivity contribution in [1.29, 1.82) is 0 Å². The Morgan fingerprint density at radius 2 is 2.13 bits per heavy atom. The van der Waals surface area contributed by atoms with E-state index in [0.29, 0.717) is 17.7 Å². The van der Waals surface area contributed by atoms with Crippen LogP contribution in [-0.4, -0.2) is 35.0 Å². The third-order valence-electron chi connectivity index (χ3n) is 3.96. The lowest BCUT2D eigenvalue weighted by Crippen LogP contribution is -2.42. The van der Waals surface area contributed by atoms with Gasteiger partial charge in [-0.15, -0.1) is 0 Å². The maximum absolute atomic E-state index is 12.2. The second kappa shape index (κ2) is 5.89. The fraction of sp³-hybridized carbons (Fsp3) is 0.294. The van der Waals surface area contributed by atoms with Crippen LogP contribution in [0.1, 0.15) is 12.5 Å². The Bertz CT molecular complexity index is 683. The molecule has 2 aliphatic heterocycles. The monoisotopic (exact) mass is 314 g/mol. The van der Waals surface area contributed by atoms with E-state index in [9.17, 15) is 14.7 Å². The highest BCUT2D eigenvalue weighted by atomic mass is 16.5. The molecule has 2 heterocycles. The number of carbonyl (C=O) groups excluding carboxylic acids is 2. The third-order valence-corrected chi connectivity index (χ3v) is 3.96. The number of aliphatic hydroxyl groups is 1. The lowest BCUT2D eigenvalue weighted by atomic mass is 9.86. The number of nitrogens with one attached hydrogen (secondary N) is 1. The van der Waals surface area contributed by atoms with Crippen molar-refractivity contribution in [3.8, 4) is 0 Å². The Hall–Kier alpha value is -2.60. The first kappa shape index (κ1) is 15.3. The van der Waals surface area contributed by atoms with Crippen molar-refractivity contribution >= 4 is 11.9 Å². The minimum absolute atomic E-state index is 0.0254. The Morgan fingerprint density at radius 1 is 1.39 bits per heavy atom. The van der Waals surface area contributed by atoms with Crippen LogP contribution in [0.25, 0.3) is 0 Å². The number of rotatable bonds is 4. The molecule has 1 saturated heterocycles. The van der Waals surface area contributed by atoms with Gasteiger partial charge in [0.2, 0.25) is 0 Å². The first-order valence-corrected chi connectivity index (χ1v) is 7.46. The van der Waals surface area contributed by atoms with E-state index in [-0.39, 0.29) is 18.4 Å². The molecule has 6 nitrogen and oxygen atoms in total. The molecular weight excluding hydrogens is 296 g/mol. The lowest BCUT2D eigenvalue weighted by molar-refractivity contribution is -0.143. The summed E-state index contributed by atoms with van der Waals surface area (Å²) in [4.78, 5) is 25.4. The van der Waals surface area contributed by atoms with Crippen molar-refractivity contribution in [3.63, 3.8) is 0 Å². The zero-order valence-corrected chi connectivity index (χ0v) is 12.7. The standard InChI is InChI=1S/C17H18N2O4/c1-2-23-15(20)11-19-9-8-14-13(10-19)16(21)18-17(14,22)12-6-4-3-5-7-12/h3-10,14,22H,2,11H2,1H3,(H,18,21)/t14-,17-/m0/s1. The van der Waals surface area contributed by atoms with Gasteiger partial charge in [0.15, 0.2) is 5.72 Å². The number of benzene rings is 1. The van der Waals surface area contributed by atoms with Gasteiger partial charge in [0.1, 0.15) is 6.54 Å². The SMILES string of the molecule is CCOC(=O)CN1C=C[C@H]2C(=C1)C(=O)N[C@]2(O)c1ccccc1. The predicted octanol–water partition coefficient (Wildman–Crippen LogP) is 0.854. The molecular formula is C17H18N2O4. The number of fused-ring (bicyclic) bond motifs is 1. The van der Waals surface area contributed by atoms with Gasteiger partial charge in [-0.1, -0.05) is 36.4 Å². The van der Waals surface area contributed by atoms with Gasteiger partial charge in [0.25, 0.3) is 5.91 Å². The quantitative estimate of drug-likeness (QED) is 0.806. The van der Waals surface area contributed by atoms with Crippen LogP contribution in [0.3, 0.4) is 0 Å². The largest absolute Gasteiger partial charge is 0.465 e. The van der Waals surface area contributed by atoms with Gasteiger partial charge < -0.3 is 20.1 Å². The fourth-order valence-electron chi connectivity index (χ4n) is 2.89. The summed E-state index contributed by atoms with van der Waals surface area (Å²) < 4.78 is 4.90. The molecule has 120 valence electrons. The maximum atomic E-state index is 12.2. The third kappa shape index (κ3) is 2.73. The normalized spacial score (nSPS) is 25.7. The van der Waals surface area contributed by atoms with Crippen LogP contribution >= 0.6 is 0 Å². The Kier molecular flexibility index (Phi) is 3.92. The molecule has 0 aromatic heterocycles. The molecule has 3 rings (SSSR count). The van der Waals surface area contributed by atoms with Crippen molar-refractivity contribution in [2.45, 2.75) is 12.6 Å². The molecule has 6 heteroatoms. The number of nitrogens with zero attached hydrogens (tertiary/aromatic N) is 1. The van der Waals surface area contributed by atoms with E-state index in [4.69, 9.17) is 4.74 Å². The summed E-state index contributed by atoms with van der Waals surface area (Å²) >= 11 is 0. The van der Waals surface area contributed by atoms with Gasteiger partial charge in [0.05, 0.1) is 12.5 Å². The summed E-state index contributed by atoms with van der Waals surface area (Å²) in [5, 5.41) is 13.6. The number of esters is 1. The average molecular weight is 314 g/mol. The smallest absolute Gasteiger partial charge is 0.325 e. The number of hydrogen-bond donors (Lipinski definition) is 2. The van der Waals surface area contributed by atoms with Gasteiger partial charge in [-0.05, 0) is 6.92 Å². The van der Waals surface area contributed by atoms with Crippen LogP contribution in [-0.2, 0) is 20.1 Å². The zero-order valence-electron chi connectivity index (χ0n) is 12.7. The molecule has 0 bridgehead atoms. The lowest BCUT2D eigenvalue weighted by Gasteiger charge is -2.30. The van der Waals surface area contributed by atoms with Crippen molar-refractivity contribution in [3.05, 3.63) is 59.9 Å². The van der Waals surface area contributed by atoms with Gasteiger partial charge in [-0.2, -0.15) is 0 Å². The molecule has 2 aliphatic rings. The summed E-state index contributed by atoms with van der Waals surface area (Å²) in [6, 6.07) is 8.99. The first-order chi connectivity index (χ1) is 11.0. The Labute approximate surface area is 134 Å². The van der Waals surface area contributed by atoms with Crippen LogP contribution in [0.4, 0.5) is 0 Å². The van der Waals surface area contributed by atoms with Crippen molar-refractivity contribution in [2.75, 3.05) is 13.2 Å². The average Bonchev–Trinajstić information content (AvgIpc) is 2.80. The Morgan fingerprint density at radius 3 is 2.83 bits per heavy atom. The fourth-order valence-corrected chi connectivity index (χ4v) is 2.89. The van der Waals surface area contributed by atoms with Crippen molar-refractivity contribution in [1.82, 2.24) is 10.2 Å². The summed E-state index contributed by atoms with van der Waals surface area (Å²) in [6.45, 7) is 2.07. The van der Waals surface area contributed by atoms with E-state index in [1.807, 2.05) is 6.07 Å². The molecule has 2 N–H and O–H groups in total. The van der Waals surface area contributed by atoms with E-state index in [1.165, 1.54) is 0 Å². The van der Waals surface area contributed by atoms with Crippen molar-refractivity contribution in [2.24, 2.45) is 5.92 Å². The van der Waals surface area contributed by atoms with E-state index in [2.05, 4.69) is 5.32 Å². The topological polar surface area (TPSA) is 78.9 Å². The molecule has 1 aromatic rings. The summed E-state index contributed by atoms with van der Waals surface area (Å²) in [7, 11) is 0. The minimum Gasteiger partial charge on any atom is -0.465 e. The highest BCUT2D eigenvalue weighted by Gasteiger charge is 2.50. The molecule has 23 heavy (non-hydrogen) atoms. The van der Waals surface area contributed by atoms with E-state index in [1.54, 1.807) is 54.6 Å². The second-order valence-electron chi connectivity index (χ2n) is 5.47. The highest BCUT2D eigenvalue weighted by Crippen LogP contribution is 2.40. The Balaban J connectivity index is 1.85. The van der Waals surface area contributed by atoms with Gasteiger partial charge in [0, 0.05) is 23.5 Å². The molecule has 0 radical (unpaired) electrons. The summed E-state index contributed by atoms with van der Waals surface area (Å²) in [5.41, 5.74) is -0.440. The molecule has 0 unspecified atom stereocenters. The molecule has 0 spiro atoms. The minimum atomic E-state index is -1.48. The first-order valence-electron chi connectivity index (χ1n) is 7.46. The van der Waals surface area contributed by atoms with Crippen LogP contribution in [0.5, 0.6) is 0 Å². The number of ether oxygens (including phenoxy) is 1.